The molecule has 0 saturated heterocycles. The average molecular weight is 585 g/mol. The largest absolute Gasteiger partial charge is 0.488 e. The summed E-state index contributed by atoms with van der Waals surface area (Å²) in [6.07, 6.45) is 2.06. The zero-order valence-corrected chi connectivity index (χ0v) is 25.8. The first-order valence-corrected chi connectivity index (χ1v) is 14.7. The van der Waals surface area contributed by atoms with Gasteiger partial charge in [0.25, 0.3) is 0 Å². The average Bonchev–Trinajstić information content (AvgIpc) is 3.40. The van der Waals surface area contributed by atoms with Crippen LogP contribution in [0.1, 0.15) is 58.9 Å². The summed E-state index contributed by atoms with van der Waals surface area (Å²) in [5.74, 6) is 0.247. The van der Waals surface area contributed by atoms with Gasteiger partial charge in [-0.2, -0.15) is 9.78 Å². The highest BCUT2D eigenvalue weighted by atomic mass is 16.5. The molecule has 0 spiro atoms. The van der Waals surface area contributed by atoms with E-state index in [0.717, 1.165) is 43.0 Å². The molecule has 0 radical (unpaired) electrons. The molecule has 226 valence electrons. The molecule has 2 aromatic heterocycles. The van der Waals surface area contributed by atoms with Crippen molar-refractivity contribution >= 4 is 5.97 Å². The summed E-state index contributed by atoms with van der Waals surface area (Å²) in [7, 11) is 1.76. The van der Waals surface area contributed by atoms with Gasteiger partial charge in [0.05, 0.1) is 24.6 Å². The minimum absolute atomic E-state index is 0.0157. The monoisotopic (exact) mass is 584 g/mol. The fourth-order valence-corrected chi connectivity index (χ4v) is 5.66. The Morgan fingerprint density at radius 3 is 2.60 bits per heavy atom. The molecule has 43 heavy (non-hydrogen) atoms. The molecule has 2 aromatic carbocycles. The number of fused-ring (bicyclic) bond motifs is 1. The van der Waals surface area contributed by atoms with Crippen molar-refractivity contribution in [1.29, 1.82) is 0 Å². The van der Waals surface area contributed by atoms with Crippen LogP contribution in [0.25, 0.3) is 17.1 Å². The summed E-state index contributed by atoms with van der Waals surface area (Å²) in [6, 6.07) is 16.4. The van der Waals surface area contributed by atoms with Crippen LogP contribution in [0.3, 0.4) is 0 Å². The van der Waals surface area contributed by atoms with Gasteiger partial charge < -0.3 is 19.3 Å². The number of carboxylic acid groups (broad SMARTS) is 1. The van der Waals surface area contributed by atoms with Crippen LogP contribution in [0.4, 0.5) is 0 Å². The highest BCUT2D eigenvalue weighted by Gasteiger charge is 2.24. The van der Waals surface area contributed by atoms with Crippen LogP contribution < -0.4 is 9.47 Å². The molecule has 0 fully saturated rings. The van der Waals surface area contributed by atoms with Crippen LogP contribution in [0.5, 0.6) is 11.6 Å². The second-order valence-corrected chi connectivity index (χ2v) is 11.4. The van der Waals surface area contributed by atoms with Crippen molar-refractivity contribution in [2.75, 3.05) is 20.3 Å². The quantitative estimate of drug-likeness (QED) is 0.229. The van der Waals surface area contributed by atoms with Crippen LogP contribution in [-0.4, -0.2) is 63.1 Å². The third-order valence-corrected chi connectivity index (χ3v) is 7.98. The number of carbonyl (C=O) groups is 1. The minimum atomic E-state index is -1.11. The lowest BCUT2D eigenvalue weighted by atomic mass is 9.91. The molecule has 9 nitrogen and oxygen atoms in total. The molecule has 9 heteroatoms. The Labute approximate surface area is 253 Å². The van der Waals surface area contributed by atoms with Gasteiger partial charge in [-0.1, -0.05) is 30.3 Å². The minimum Gasteiger partial charge on any atom is -0.488 e. The third-order valence-electron chi connectivity index (χ3n) is 7.98. The standard InChI is InChI=1S/C34H40N4O5/c1-21(2)43-33-29(34(39)40)17-35-38(33)31-12-8-11-30(36-31)28-10-7-9-22(3)32(28)42-20-26-14-13-25-18-37(23(4)19-41-6)16-15-27(25)24(26)5/h7-14,17,21,23H,15-16,18-20H2,1-6H3,(H,39,40). The van der Waals surface area contributed by atoms with Gasteiger partial charge in [0.15, 0.2) is 5.82 Å². The lowest BCUT2D eigenvalue weighted by Gasteiger charge is -2.34. The van der Waals surface area contributed by atoms with E-state index in [4.69, 9.17) is 19.2 Å². The summed E-state index contributed by atoms with van der Waals surface area (Å²) < 4.78 is 19.2. The molecule has 1 atom stereocenters. The third kappa shape index (κ3) is 6.43. The number of pyridine rings is 1. The molecule has 3 heterocycles. The predicted molar refractivity (Wildman–Crippen MR) is 165 cm³/mol. The lowest BCUT2D eigenvalue weighted by molar-refractivity contribution is 0.0690. The van der Waals surface area contributed by atoms with Gasteiger partial charge in [0.2, 0.25) is 5.88 Å². The van der Waals surface area contributed by atoms with E-state index in [1.54, 1.807) is 13.2 Å². The smallest absolute Gasteiger partial charge is 0.342 e. The number of hydrogen-bond acceptors (Lipinski definition) is 7. The number of nitrogens with zero attached hydrogens (tertiary/aromatic N) is 4. The van der Waals surface area contributed by atoms with Crippen LogP contribution >= 0.6 is 0 Å². The van der Waals surface area contributed by atoms with Crippen molar-refractivity contribution in [2.24, 2.45) is 0 Å². The van der Waals surface area contributed by atoms with Gasteiger partial charge in [-0.05, 0) is 87.1 Å². The summed E-state index contributed by atoms with van der Waals surface area (Å²) in [4.78, 5) is 19.1. The Hall–Kier alpha value is -4.21. The second-order valence-electron chi connectivity index (χ2n) is 11.4. The highest BCUT2D eigenvalue weighted by Crippen LogP contribution is 2.34. The van der Waals surface area contributed by atoms with Crippen LogP contribution in [0.15, 0.2) is 54.7 Å². The number of methoxy groups -OCH3 is 1. The van der Waals surface area contributed by atoms with Gasteiger partial charge in [0, 0.05) is 31.8 Å². The molecule has 1 aliphatic heterocycles. The van der Waals surface area contributed by atoms with Crippen molar-refractivity contribution in [1.82, 2.24) is 19.7 Å². The molecule has 0 saturated carbocycles. The van der Waals surface area contributed by atoms with Crippen molar-refractivity contribution < 1.29 is 24.1 Å². The fourth-order valence-electron chi connectivity index (χ4n) is 5.66. The number of benzene rings is 2. The number of para-hydroxylation sites is 1. The Kier molecular flexibility index (Phi) is 9.13. The second kappa shape index (κ2) is 13.0. The number of rotatable bonds is 11. The number of ether oxygens (including phenoxy) is 3. The first-order valence-electron chi connectivity index (χ1n) is 14.7. The molecule has 0 bridgehead atoms. The summed E-state index contributed by atoms with van der Waals surface area (Å²) in [6.45, 7) is 13.2. The van der Waals surface area contributed by atoms with Crippen molar-refractivity contribution in [3.8, 4) is 28.7 Å². The van der Waals surface area contributed by atoms with Gasteiger partial charge in [0.1, 0.15) is 17.9 Å². The van der Waals surface area contributed by atoms with Gasteiger partial charge in [-0.25, -0.2) is 9.78 Å². The normalized spacial score (nSPS) is 14.0. The van der Waals surface area contributed by atoms with E-state index in [1.807, 2.05) is 51.1 Å². The maximum atomic E-state index is 11.8. The zero-order valence-electron chi connectivity index (χ0n) is 25.8. The van der Waals surface area contributed by atoms with E-state index in [-0.39, 0.29) is 17.5 Å². The first-order chi connectivity index (χ1) is 20.7. The molecular weight excluding hydrogens is 544 g/mol. The summed E-state index contributed by atoms with van der Waals surface area (Å²) in [5, 5.41) is 13.9. The van der Waals surface area contributed by atoms with E-state index in [1.165, 1.54) is 33.1 Å². The van der Waals surface area contributed by atoms with Gasteiger partial charge >= 0.3 is 5.97 Å². The molecule has 1 N–H and O–H groups in total. The number of aromatic carboxylic acids is 1. The first kappa shape index (κ1) is 30.3. The van der Waals surface area contributed by atoms with Crippen LogP contribution in [0.2, 0.25) is 0 Å². The molecule has 1 unspecified atom stereocenters. The molecule has 5 rings (SSSR count). The Morgan fingerprint density at radius 2 is 1.86 bits per heavy atom. The SMILES string of the molecule is COCC(C)N1CCc2c(ccc(COc3c(C)cccc3-c3cccc(-n4ncc(C(=O)O)c4OC(C)C)n3)c2C)C1. The Morgan fingerprint density at radius 1 is 1.07 bits per heavy atom. The van der Waals surface area contributed by atoms with E-state index >= 15 is 0 Å². The number of hydrogen-bond donors (Lipinski definition) is 1. The maximum absolute atomic E-state index is 11.8. The summed E-state index contributed by atoms with van der Waals surface area (Å²) in [5.41, 5.74) is 7.76. The van der Waals surface area contributed by atoms with Crippen molar-refractivity contribution in [3.63, 3.8) is 0 Å². The Balaban J connectivity index is 1.41. The number of aromatic nitrogens is 3. The van der Waals surface area contributed by atoms with Crippen molar-refractivity contribution in [2.45, 2.75) is 66.3 Å². The molecule has 0 aliphatic carbocycles. The van der Waals surface area contributed by atoms with E-state index in [0.29, 0.717) is 24.2 Å². The molecule has 1 aliphatic rings. The lowest BCUT2D eigenvalue weighted by Crippen LogP contribution is -2.40. The number of carboxylic acids is 1. The molecule has 0 amide bonds. The van der Waals surface area contributed by atoms with E-state index in [2.05, 4.69) is 36.0 Å². The highest BCUT2D eigenvalue weighted by molar-refractivity contribution is 5.90. The van der Waals surface area contributed by atoms with E-state index in [9.17, 15) is 9.90 Å². The van der Waals surface area contributed by atoms with Crippen LogP contribution in [-0.2, 0) is 24.3 Å². The summed E-state index contributed by atoms with van der Waals surface area (Å²) >= 11 is 0. The van der Waals surface area contributed by atoms with Gasteiger partial charge in [-0.3, -0.25) is 4.90 Å². The predicted octanol–water partition coefficient (Wildman–Crippen LogP) is 6.01. The Bertz CT molecular complexity index is 1610. The molecule has 4 aromatic rings. The maximum Gasteiger partial charge on any atom is 0.342 e. The van der Waals surface area contributed by atoms with Crippen LogP contribution in [0, 0.1) is 13.8 Å². The van der Waals surface area contributed by atoms with Crippen molar-refractivity contribution in [3.05, 3.63) is 88.1 Å². The fraction of sp³-hybridized carbons (Fsp3) is 0.382. The molecular formula is C34H40N4O5. The topological polar surface area (TPSA) is 98.9 Å². The number of aryl methyl sites for hydroxylation is 1. The van der Waals surface area contributed by atoms with Gasteiger partial charge in [-0.15, -0.1) is 0 Å². The van der Waals surface area contributed by atoms with E-state index < -0.39 is 5.97 Å². The zero-order chi connectivity index (χ0) is 30.7.